The first-order valence-corrected chi connectivity index (χ1v) is 6.30. The molecule has 0 atom stereocenters. The van der Waals surface area contributed by atoms with Crippen molar-refractivity contribution >= 4 is 0 Å². The smallest absolute Gasteiger partial charge is 0.0594 e. The molecule has 1 aliphatic heterocycles. The van der Waals surface area contributed by atoms with Gasteiger partial charge >= 0.3 is 0 Å². The lowest BCUT2D eigenvalue weighted by Gasteiger charge is -2.26. The Hall–Kier alpha value is -0.120. The standard InChI is InChI=1S/C12H26N2O/c1-12(2)4-3-5-13-6-7-14-8-10-15-11-9-14/h12-13H,3-11H2,1-2H3. The van der Waals surface area contributed by atoms with Gasteiger partial charge < -0.3 is 10.1 Å². The molecule has 0 radical (unpaired) electrons. The van der Waals surface area contributed by atoms with E-state index < -0.39 is 0 Å². The van der Waals surface area contributed by atoms with Gasteiger partial charge in [-0.1, -0.05) is 13.8 Å². The molecule has 3 heteroatoms. The average Bonchev–Trinajstić information content (AvgIpc) is 2.24. The zero-order valence-corrected chi connectivity index (χ0v) is 10.3. The molecular formula is C12H26N2O. The summed E-state index contributed by atoms with van der Waals surface area (Å²) in [7, 11) is 0. The summed E-state index contributed by atoms with van der Waals surface area (Å²) >= 11 is 0. The van der Waals surface area contributed by atoms with Gasteiger partial charge in [-0.3, -0.25) is 4.90 Å². The van der Waals surface area contributed by atoms with Crippen LogP contribution in [0, 0.1) is 5.92 Å². The monoisotopic (exact) mass is 214 g/mol. The van der Waals surface area contributed by atoms with Crippen molar-refractivity contribution in [2.75, 3.05) is 45.9 Å². The third-order valence-corrected chi connectivity index (χ3v) is 2.84. The van der Waals surface area contributed by atoms with E-state index in [1.54, 1.807) is 0 Å². The highest BCUT2D eigenvalue weighted by Crippen LogP contribution is 2.01. The van der Waals surface area contributed by atoms with E-state index in [0.29, 0.717) is 0 Å². The van der Waals surface area contributed by atoms with Crippen molar-refractivity contribution in [3.8, 4) is 0 Å². The normalized spacial score (nSPS) is 18.6. The molecule has 0 unspecified atom stereocenters. The Kier molecular flexibility index (Phi) is 6.98. The fourth-order valence-electron chi connectivity index (χ4n) is 1.82. The summed E-state index contributed by atoms with van der Waals surface area (Å²) in [5.41, 5.74) is 0. The molecule has 0 bridgehead atoms. The van der Waals surface area contributed by atoms with E-state index in [4.69, 9.17) is 4.74 Å². The summed E-state index contributed by atoms with van der Waals surface area (Å²) in [4.78, 5) is 2.47. The molecule has 0 aromatic heterocycles. The molecule has 0 aromatic carbocycles. The van der Waals surface area contributed by atoms with Crippen LogP contribution in [0.25, 0.3) is 0 Å². The third kappa shape index (κ3) is 6.88. The van der Waals surface area contributed by atoms with Crippen molar-refractivity contribution in [1.82, 2.24) is 10.2 Å². The lowest BCUT2D eigenvalue weighted by molar-refractivity contribution is 0.0384. The number of nitrogens with one attached hydrogen (secondary N) is 1. The average molecular weight is 214 g/mol. The van der Waals surface area contributed by atoms with Gasteiger partial charge in [-0.15, -0.1) is 0 Å². The molecule has 0 spiro atoms. The van der Waals surface area contributed by atoms with Crippen molar-refractivity contribution in [3.05, 3.63) is 0 Å². The summed E-state index contributed by atoms with van der Waals surface area (Å²) in [6.07, 6.45) is 2.64. The van der Waals surface area contributed by atoms with Crippen LogP contribution in [0.2, 0.25) is 0 Å². The molecule has 0 amide bonds. The van der Waals surface area contributed by atoms with Crippen LogP contribution in [0.3, 0.4) is 0 Å². The summed E-state index contributed by atoms with van der Waals surface area (Å²) in [6, 6.07) is 0. The predicted octanol–water partition coefficient (Wildman–Crippen LogP) is 1.34. The minimum Gasteiger partial charge on any atom is -0.379 e. The lowest BCUT2D eigenvalue weighted by Crippen LogP contribution is -2.40. The van der Waals surface area contributed by atoms with Crippen LogP contribution in [0.1, 0.15) is 26.7 Å². The Labute approximate surface area is 94.2 Å². The van der Waals surface area contributed by atoms with Gasteiger partial charge in [-0.25, -0.2) is 0 Å². The van der Waals surface area contributed by atoms with Crippen LogP contribution < -0.4 is 5.32 Å². The first kappa shape index (κ1) is 12.9. The van der Waals surface area contributed by atoms with Gasteiger partial charge in [0.05, 0.1) is 13.2 Å². The van der Waals surface area contributed by atoms with Gasteiger partial charge in [0.15, 0.2) is 0 Å². The molecule has 1 saturated heterocycles. The zero-order valence-electron chi connectivity index (χ0n) is 10.3. The van der Waals surface area contributed by atoms with E-state index in [1.807, 2.05) is 0 Å². The van der Waals surface area contributed by atoms with Crippen LogP contribution in [0.15, 0.2) is 0 Å². The number of hydrogen-bond donors (Lipinski definition) is 1. The summed E-state index contributed by atoms with van der Waals surface area (Å²) < 4.78 is 5.31. The van der Waals surface area contributed by atoms with E-state index >= 15 is 0 Å². The summed E-state index contributed by atoms with van der Waals surface area (Å²) in [5, 5.41) is 3.51. The minimum absolute atomic E-state index is 0.839. The molecule has 0 saturated carbocycles. The number of nitrogens with zero attached hydrogens (tertiary/aromatic N) is 1. The predicted molar refractivity (Wildman–Crippen MR) is 64.2 cm³/mol. The Morgan fingerprint density at radius 3 is 2.60 bits per heavy atom. The third-order valence-electron chi connectivity index (χ3n) is 2.84. The van der Waals surface area contributed by atoms with Gasteiger partial charge in [0.1, 0.15) is 0 Å². The van der Waals surface area contributed by atoms with Gasteiger partial charge in [0.25, 0.3) is 0 Å². The number of rotatable bonds is 7. The Balaban J connectivity index is 1.83. The second-order valence-corrected chi connectivity index (χ2v) is 4.74. The van der Waals surface area contributed by atoms with E-state index in [1.165, 1.54) is 25.9 Å². The Bertz CT molecular complexity index is 145. The second-order valence-electron chi connectivity index (χ2n) is 4.74. The molecule has 1 N–H and O–H groups in total. The van der Waals surface area contributed by atoms with Crippen molar-refractivity contribution in [2.45, 2.75) is 26.7 Å². The van der Waals surface area contributed by atoms with Crippen LogP contribution in [-0.2, 0) is 4.74 Å². The topological polar surface area (TPSA) is 24.5 Å². The Morgan fingerprint density at radius 2 is 1.93 bits per heavy atom. The molecule has 1 fully saturated rings. The van der Waals surface area contributed by atoms with E-state index in [9.17, 15) is 0 Å². The zero-order chi connectivity index (χ0) is 10.9. The first-order valence-electron chi connectivity index (χ1n) is 6.30. The Morgan fingerprint density at radius 1 is 1.20 bits per heavy atom. The van der Waals surface area contributed by atoms with Gasteiger partial charge in [-0.2, -0.15) is 0 Å². The highest BCUT2D eigenvalue weighted by Gasteiger charge is 2.08. The van der Waals surface area contributed by atoms with E-state index in [0.717, 1.165) is 38.8 Å². The largest absolute Gasteiger partial charge is 0.379 e. The molecule has 1 aliphatic rings. The van der Waals surface area contributed by atoms with Gasteiger partial charge in [0.2, 0.25) is 0 Å². The van der Waals surface area contributed by atoms with Crippen molar-refractivity contribution in [1.29, 1.82) is 0 Å². The molecule has 1 rings (SSSR count). The maximum absolute atomic E-state index is 5.31. The van der Waals surface area contributed by atoms with Crippen molar-refractivity contribution < 1.29 is 4.74 Å². The molecule has 15 heavy (non-hydrogen) atoms. The second kappa shape index (κ2) is 8.08. The van der Waals surface area contributed by atoms with Gasteiger partial charge in [-0.05, 0) is 25.3 Å². The SMILES string of the molecule is CC(C)CCCNCCN1CCOCC1. The maximum atomic E-state index is 5.31. The van der Waals surface area contributed by atoms with Crippen LogP contribution in [0.4, 0.5) is 0 Å². The van der Waals surface area contributed by atoms with Crippen LogP contribution >= 0.6 is 0 Å². The van der Waals surface area contributed by atoms with Gasteiger partial charge in [0, 0.05) is 26.2 Å². The summed E-state index contributed by atoms with van der Waals surface area (Å²) in [6.45, 7) is 12.1. The fraction of sp³-hybridized carbons (Fsp3) is 1.00. The maximum Gasteiger partial charge on any atom is 0.0594 e. The molecule has 3 nitrogen and oxygen atoms in total. The number of ether oxygens (including phenoxy) is 1. The minimum atomic E-state index is 0.839. The number of hydrogen-bond acceptors (Lipinski definition) is 3. The highest BCUT2D eigenvalue weighted by molar-refractivity contribution is 4.63. The van der Waals surface area contributed by atoms with Crippen LogP contribution in [0.5, 0.6) is 0 Å². The molecule has 1 heterocycles. The fourth-order valence-corrected chi connectivity index (χ4v) is 1.82. The molecule has 0 aliphatic carbocycles. The highest BCUT2D eigenvalue weighted by atomic mass is 16.5. The lowest BCUT2D eigenvalue weighted by atomic mass is 10.1. The quantitative estimate of drug-likeness (QED) is 0.647. The molecule has 90 valence electrons. The van der Waals surface area contributed by atoms with Crippen molar-refractivity contribution in [3.63, 3.8) is 0 Å². The molecule has 0 aromatic rings. The molecular weight excluding hydrogens is 188 g/mol. The van der Waals surface area contributed by atoms with Crippen molar-refractivity contribution in [2.24, 2.45) is 5.92 Å². The van der Waals surface area contributed by atoms with Crippen LogP contribution in [-0.4, -0.2) is 50.8 Å². The number of morpholine rings is 1. The first-order chi connectivity index (χ1) is 7.29. The summed E-state index contributed by atoms with van der Waals surface area (Å²) in [5.74, 6) is 0.839. The van der Waals surface area contributed by atoms with E-state index in [-0.39, 0.29) is 0 Å². The van der Waals surface area contributed by atoms with E-state index in [2.05, 4.69) is 24.1 Å².